The number of unbranched alkanes of at least 4 members (excludes halogenated alkanes) is 8. The summed E-state index contributed by atoms with van der Waals surface area (Å²) in [7, 11) is 0. The zero-order valence-corrected chi connectivity index (χ0v) is 23.1. The van der Waals surface area contributed by atoms with Crippen LogP contribution in [0, 0.1) is 0 Å². The van der Waals surface area contributed by atoms with Crippen LogP contribution in [0.15, 0.2) is 48.5 Å². The fraction of sp³-hybridized carbons (Fsp3) is 0.576. The van der Waals surface area contributed by atoms with Crippen LogP contribution in [0.5, 0.6) is 5.75 Å². The smallest absolute Gasteiger partial charge is 0.254 e. The normalized spacial score (nSPS) is 14.4. The summed E-state index contributed by atoms with van der Waals surface area (Å²) >= 11 is 0. The van der Waals surface area contributed by atoms with Crippen LogP contribution in [0.3, 0.4) is 0 Å². The first-order chi connectivity index (χ1) is 18.6. The van der Waals surface area contributed by atoms with Gasteiger partial charge in [0.15, 0.2) is 0 Å². The standard InChI is InChI=1S/C32H46N2O4.CH4/c1-2-3-20-33-31(36)19-10-8-6-4-5-7-9-13-21-38-25-29-22-26-15-11-12-16-28(26)24-34(29)32(37)27-17-14-18-30(35)23-27;/h11-12,14-18,23,29,35H,2-10,13,19-22,24-25H2,1H3,(H,33,36);1H4. The highest BCUT2D eigenvalue weighted by atomic mass is 16.5. The van der Waals surface area contributed by atoms with Crippen LogP contribution in [0.2, 0.25) is 0 Å². The number of nitrogens with one attached hydrogen (secondary N) is 1. The van der Waals surface area contributed by atoms with Crippen molar-refractivity contribution in [1.82, 2.24) is 10.2 Å². The average Bonchev–Trinajstić information content (AvgIpc) is 2.93. The largest absolute Gasteiger partial charge is 0.508 e. The summed E-state index contributed by atoms with van der Waals surface area (Å²) < 4.78 is 6.06. The average molecular weight is 539 g/mol. The van der Waals surface area contributed by atoms with Gasteiger partial charge in [-0.15, -0.1) is 0 Å². The van der Waals surface area contributed by atoms with Gasteiger partial charge >= 0.3 is 0 Å². The maximum Gasteiger partial charge on any atom is 0.254 e. The summed E-state index contributed by atoms with van der Waals surface area (Å²) in [6.07, 6.45) is 12.8. The quantitative estimate of drug-likeness (QED) is 0.212. The molecule has 0 saturated heterocycles. The summed E-state index contributed by atoms with van der Waals surface area (Å²) in [5.41, 5.74) is 2.95. The molecule has 216 valence electrons. The molecule has 6 nitrogen and oxygen atoms in total. The molecule has 0 radical (unpaired) electrons. The van der Waals surface area contributed by atoms with E-state index in [-0.39, 0.29) is 31.0 Å². The maximum absolute atomic E-state index is 13.3. The molecule has 1 heterocycles. The molecule has 0 saturated carbocycles. The van der Waals surface area contributed by atoms with Gasteiger partial charge in [-0.2, -0.15) is 0 Å². The number of phenols is 1. The minimum atomic E-state index is -0.0684. The van der Waals surface area contributed by atoms with Crippen LogP contribution in [-0.4, -0.2) is 47.6 Å². The lowest BCUT2D eigenvalue weighted by atomic mass is 9.93. The van der Waals surface area contributed by atoms with Gasteiger partial charge in [-0.05, 0) is 55.0 Å². The molecular formula is C33H50N2O4. The lowest BCUT2D eigenvalue weighted by molar-refractivity contribution is -0.121. The Labute approximate surface area is 236 Å². The van der Waals surface area contributed by atoms with Gasteiger partial charge in [0.2, 0.25) is 5.91 Å². The molecule has 2 N–H and O–H groups in total. The van der Waals surface area contributed by atoms with E-state index < -0.39 is 0 Å². The number of phenolic OH excluding ortho intramolecular Hbond substituents is 1. The van der Waals surface area contributed by atoms with Gasteiger partial charge < -0.3 is 20.1 Å². The van der Waals surface area contributed by atoms with E-state index in [9.17, 15) is 14.7 Å². The fourth-order valence-corrected chi connectivity index (χ4v) is 5.04. The van der Waals surface area contributed by atoms with Crippen molar-refractivity contribution in [3.8, 4) is 5.75 Å². The van der Waals surface area contributed by atoms with Crippen molar-refractivity contribution in [2.45, 2.75) is 104 Å². The molecule has 2 aromatic carbocycles. The topological polar surface area (TPSA) is 78.9 Å². The summed E-state index contributed by atoms with van der Waals surface area (Å²) in [6, 6.07) is 14.8. The van der Waals surface area contributed by atoms with Crippen LogP contribution in [0.25, 0.3) is 0 Å². The summed E-state index contributed by atoms with van der Waals surface area (Å²) in [5, 5.41) is 12.8. The highest BCUT2D eigenvalue weighted by molar-refractivity contribution is 5.95. The van der Waals surface area contributed by atoms with E-state index in [1.54, 1.807) is 18.2 Å². The van der Waals surface area contributed by atoms with Crippen molar-refractivity contribution < 1.29 is 19.4 Å². The number of fused-ring (bicyclic) bond motifs is 1. The third kappa shape index (κ3) is 11.4. The molecule has 1 unspecified atom stereocenters. The number of ether oxygens (including phenoxy) is 1. The van der Waals surface area contributed by atoms with Crippen molar-refractivity contribution in [2.75, 3.05) is 19.8 Å². The number of hydrogen-bond acceptors (Lipinski definition) is 4. The minimum Gasteiger partial charge on any atom is -0.508 e. The molecule has 0 aromatic heterocycles. The molecule has 1 aliphatic heterocycles. The van der Waals surface area contributed by atoms with Crippen molar-refractivity contribution in [1.29, 1.82) is 0 Å². The molecule has 0 fully saturated rings. The minimum absolute atomic E-state index is 0. The number of hydrogen-bond donors (Lipinski definition) is 2. The first-order valence-electron chi connectivity index (χ1n) is 14.6. The second kappa shape index (κ2) is 18.4. The Hall–Kier alpha value is -2.86. The summed E-state index contributed by atoms with van der Waals surface area (Å²) in [4.78, 5) is 26.9. The van der Waals surface area contributed by atoms with E-state index in [4.69, 9.17) is 4.74 Å². The molecule has 3 rings (SSSR count). The van der Waals surface area contributed by atoms with Gasteiger partial charge in [0.05, 0.1) is 12.6 Å². The molecule has 0 aliphatic carbocycles. The summed E-state index contributed by atoms with van der Waals surface area (Å²) in [5.74, 6) is 0.232. The highest BCUT2D eigenvalue weighted by Gasteiger charge is 2.30. The van der Waals surface area contributed by atoms with E-state index in [1.165, 1.54) is 42.9 Å². The van der Waals surface area contributed by atoms with Gasteiger partial charge in [-0.25, -0.2) is 0 Å². The third-order valence-corrected chi connectivity index (χ3v) is 7.31. The first kappa shape index (κ1) is 32.4. The van der Waals surface area contributed by atoms with Crippen LogP contribution < -0.4 is 5.32 Å². The highest BCUT2D eigenvalue weighted by Crippen LogP contribution is 2.26. The van der Waals surface area contributed by atoms with Crippen molar-refractivity contribution in [3.63, 3.8) is 0 Å². The second-order valence-corrected chi connectivity index (χ2v) is 10.5. The van der Waals surface area contributed by atoms with Crippen molar-refractivity contribution >= 4 is 11.8 Å². The summed E-state index contributed by atoms with van der Waals surface area (Å²) in [6.45, 7) is 4.73. The van der Waals surface area contributed by atoms with Gasteiger partial charge in [0.1, 0.15) is 5.75 Å². The molecule has 2 aromatic rings. The number of benzene rings is 2. The number of carbonyl (C=O) groups excluding carboxylic acids is 2. The SMILES string of the molecule is C.CCCCNC(=O)CCCCCCCCCCOCC1Cc2ccccc2CN1C(=O)c1cccc(O)c1. The molecule has 6 heteroatoms. The Bertz CT molecular complexity index is 993. The van der Waals surface area contributed by atoms with Crippen molar-refractivity contribution in [2.24, 2.45) is 0 Å². The molecule has 1 atom stereocenters. The van der Waals surface area contributed by atoms with Crippen LogP contribution in [-0.2, 0) is 22.5 Å². The molecule has 2 amide bonds. The van der Waals surface area contributed by atoms with Gasteiger partial charge in [-0.1, -0.05) is 89.6 Å². The number of nitrogens with zero attached hydrogens (tertiary/aromatic N) is 1. The molecular weight excluding hydrogens is 488 g/mol. The van der Waals surface area contributed by atoms with E-state index in [0.717, 1.165) is 51.5 Å². The number of carbonyl (C=O) groups is 2. The fourth-order valence-electron chi connectivity index (χ4n) is 5.04. The maximum atomic E-state index is 13.3. The van der Waals surface area contributed by atoms with E-state index in [0.29, 0.717) is 31.7 Å². The monoisotopic (exact) mass is 538 g/mol. The molecule has 0 spiro atoms. The number of aromatic hydroxyl groups is 1. The van der Waals surface area contributed by atoms with E-state index in [2.05, 4.69) is 30.4 Å². The van der Waals surface area contributed by atoms with Crippen LogP contribution in [0.1, 0.15) is 106 Å². The lowest BCUT2D eigenvalue weighted by Crippen LogP contribution is -2.46. The lowest BCUT2D eigenvalue weighted by Gasteiger charge is -2.37. The van der Waals surface area contributed by atoms with Crippen LogP contribution >= 0.6 is 0 Å². The van der Waals surface area contributed by atoms with Crippen molar-refractivity contribution in [3.05, 3.63) is 65.2 Å². The number of amides is 2. The Morgan fingerprint density at radius 1 is 0.923 bits per heavy atom. The predicted octanol–water partition coefficient (Wildman–Crippen LogP) is 7.04. The molecule has 0 bridgehead atoms. The zero-order chi connectivity index (χ0) is 27.0. The second-order valence-electron chi connectivity index (χ2n) is 10.5. The van der Waals surface area contributed by atoms with Crippen LogP contribution in [0.4, 0.5) is 0 Å². The van der Waals surface area contributed by atoms with Gasteiger partial charge in [0.25, 0.3) is 5.91 Å². The Morgan fingerprint density at radius 2 is 1.62 bits per heavy atom. The number of rotatable bonds is 17. The zero-order valence-electron chi connectivity index (χ0n) is 23.1. The third-order valence-electron chi connectivity index (χ3n) is 7.31. The Balaban J connectivity index is 0.00000533. The molecule has 39 heavy (non-hydrogen) atoms. The predicted molar refractivity (Wildman–Crippen MR) is 159 cm³/mol. The van der Waals surface area contributed by atoms with E-state index >= 15 is 0 Å². The molecule has 1 aliphatic rings. The van der Waals surface area contributed by atoms with Gasteiger partial charge in [0, 0.05) is 31.7 Å². The van der Waals surface area contributed by atoms with E-state index in [1.807, 2.05) is 11.0 Å². The first-order valence-corrected chi connectivity index (χ1v) is 14.6. The van der Waals surface area contributed by atoms with Gasteiger partial charge in [-0.3, -0.25) is 9.59 Å². The Kier molecular flexibility index (Phi) is 15.3. The Morgan fingerprint density at radius 3 is 2.33 bits per heavy atom.